The van der Waals surface area contributed by atoms with E-state index in [1.807, 2.05) is 0 Å². The average Bonchev–Trinajstić information content (AvgIpc) is 2.11. The number of hydrogen-bond donors (Lipinski definition) is 1. The van der Waals surface area contributed by atoms with Gasteiger partial charge in [-0.05, 0) is 37.5 Å². The standard InChI is InChI=1S/C12H22O/c1-3-10(2)11-8-6-4-5-7-9-12(11)13/h4-5,10-13H,3,6-9H2,1-2H3/b5-4-/t10?,11-,12+/m1/s1. The van der Waals surface area contributed by atoms with Crippen molar-refractivity contribution >= 4 is 0 Å². The molecule has 1 nitrogen and oxygen atoms in total. The molecule has 0 bridgehead atoms. The maximum atomic E-state index is 9.94. The number of allylic oxidation sites excluding steroid dienone is 2. The molecule has 1 aliphatic rings. The van der Waals surface area contributed by atoms with Crippen molar-refractivity contribution in [3.8, 4) is 0 Å². The third-order valence-corrected chi connectivity index (χ3v) is 3.33. The van der Waals surface area contributed by atoms with Crippen LogP contribution in [0.4, 0.5) is 0 Å². The summed E-state index contributed by atoms with van der Waals surface area (Å²) in [5, 5.41) is 9.94. The van der Waals surface area contributed by atoms with Gasteiger partial charge in [-0.2, -0.15) is 0 Å². The van der Waals surface area contributed by atoms with Gasteiger partial charge in [-0.15, -0.1) is 0 Å². The van der Waals surface area contributed by atoms with Crippen LogP contribution in [-0.4, -0.2) is 11.2 Å². The predicted octanol–water partition coefficient (Wildman–Crippen LogP) is 3.14. The Hall–Kier alpha value is -0.300. The highest BCUT2D eigenvalue weighted by atomic mass is 16.3. The van der Waals surface area contributed by atoms with E-state index in [0.717, 1.165) is 25.7 Å². The van der Waals surface area contributed by atoms with Crippen LogP contribution in [0.5, 0.6) is 0 Å². The minimum atomic E-state index is -0.0695. The highest BCUT2D eigenvalue weighted by molar-refractivity contribution is 4.88. The van der Waals surface area contributed by atoms with Gasteiger partial charge in [-0.3, -0.25) is 0 Å². The summed E-state index contributed by atoms with van der Waals surface area (Å²) in [4.78, 5) is 0. The van der Waals surface area contributed by atoms with Crippen LogP contribution < -0.4 is 0 Å². The molecule has 0 heterocycles. The third-order valence-electron chi connectivity index (χ3n) is 3.33. The van der Waals surface area contributed by atoms with Crippen LogP contribution in [0.15, 0.2) is 12.2 Å². The van der Waals surface area contributed by atoms with Crippen LogP contribution in [0.25, 0.3) is 0 Å². The fourth-order valence-electron chi connectivity index (χ4n) is 2.16. The van der Waals surface area contributed by atoms with Crippen molar-refractivity contribution in [2.24, 2.45) is 11.8 Å². The molecule has 1 heteroatoms. The molecule has 1 aliphatic carbocycles. The van der Waals surface area contributed by atoms with Gasteiger partial charge in [0.2, 0.25) is 0 Å². The molecule has 0 saturated heterocycles. The number of rotatable bonds is 2. The first-order valence-corrected chi connectivity index (χ1v) is 5.58. The molecule has 0 spiro atoms. The van der Waals surface area contributed by atoms with E-state index < -0.39 is 0 Å². The van der Waals surface area contributed by atoms with Crippen molar-refractivity contribution < 1.29 is 5.11 Å². The van der Waals surface area contributed by atoms with Crippen LogP contribution in [0, 0.1) is 11.8 Å². The average molecular weight is 182 g/mol. The fourth-order valence-corrected chi connectivity index (χ4v) is 2.16. The maximum Gasteiger partial charge on any atom is 0.0574 e. The Labute approximate surface area is 81.9 Å². The predicted molar refractivity (Wildman–Crippen MR) is 56.6 cm³/mol. The van der Waals surface area contributed by atoms with Gasteiger partial charge in [0.25, 0.3) is 0 Å². The normalized spacial score (nSPS) is 34.7. The second kappa shape index (κ2) is 5.43. The third kappa shape index (κ3) is 3.15. The molecule has 1 unspecified atom stereocenters. The number of aliphatic hydroxyl groups is 1. The van der Waals surface area contributed by atoms with Crippen LogP contribution in [-0.2, 0) is 0 Å². The van der Waals surface area contributed by atoms with Crippen molar-refractivity contribution in [2.75, 3.05) is 0 Å². The molecule has 1 rings (SSSR count). The van der Waals surface area contributed by atoms with Crippen molar-refractivity contribution in [1.82, 2.24) is 0 Å². The molecule has 3 atom stereocenters. The smallest absolute Gasteiger partial charge is 0.0574 e. The minimum absolute atomic E-state index is 0.0695. The van der Waals surface area contributed by atoms with Crippen LogP contribution in [0.1, 0.15) is 46.0 Å². The zero-order valence-corrected chi connectivity index (χ0v) is 8.87. The largest absolute Gasteiger partial charge is 0.393 e. The Bertz CT molecular complexity index is 163. The molecule has 0 aromatic rings. The second-order valence-electron chi connectivity index (χ2n) is 4.24. The lowest BCUT2D eigenvalue weighted by molar-refractivity contribution is 0.0627. The summed E-state index contributed by atoms with van der Waals surface area (Å²) in [7, 11) is 0. The van der Waals surface area contributed by atoms with E-state index in [0.29, 0.717) is 11.8 Å². The molecule has 0 aliphatic heterocycles. The van der Waals surface area contributed by atoms with Gasteiger partial charge < -0.3 is 5.11 Å². The van der Waals surface area contributed by atoms with Crippen LogP contribution >= 0.6 is 0 Å². The maximum absolute atomic E-state index is 9.94. The molecule has 0 saturated carbocycles. The molecule has 0 radical (unpaired) electrons. The Morgan fingerprint density at radius 2 is 1.92 bits per heavy atom. The summed E-state index contributed by atoms with van der Waals surface area (Å²) in [6.45, 7) is 4.48. The quantitative estimate of drug-likeness (QED) is 0.650. The zero-order valence-electron chi connectivity index (χ0n) is 8.87. The first-order valence-electron chi connectivity index (χ1n) is 5.58. The van der Waals surface area contributed by atoms with E-state index in [1.165, 1.54) is 6.42 Å². The lowest BCUT2D eigenvalue weighted by Crippen LogP contribution is -2.26. The topological polar surface area (TPSA) is 20.2 Å². The first-order chi connectivity index (χ1) is 6.25. The number of aliphatic hydroxyl groups excluding tert-OH is 1. The van der Waals surface area contributed by atoms with Gasteiger partial charge in [0.15, 0.2) is 0 Å². The number of hydrogen-bond acceptors (Lipinski definition) is 1. The Morgan fingerprint density at radius 1 is 1.31 bits per heavy atom. The van der Waals surface area contributed by atoms with Gasteiger partial charge >= 0.3 is 0 Å². The summed E-state index contributed by atoms with van der Waals surface area (Å²) in [5.41, 5.74) is 0. The van der Waals surface area contributed by atoms with Crippen LogP contribution in [0.3, 0.4) is 0 Å². The van der Waals surface area contributed by atoms with E-state index in [1.54, 1.807) is 0 Å². The fraction of sp³-hybridized carbons (Fsp3) is 0.833. The molecule has 0 aromatic carbocycles. The lowest BCUT2D eigenvalue weighted by atomic mass is 9.81. The van der Waals surface area contributed by atoms with Gasteiger partial charge in [-0.1, -0.05) is 32.4 Å². The molecule has 0 aromatic heterocycles. The molecule has 76 valence electrons. The summed E-state index contributed by atoms with van der Waals surface area (Å²) < 4.78 is 0. The van der Waals surface area contributed by atoms with Crippen molar-refractivity contribution in [3.63, 3.8) is 0 Å². The lowest BCUT2D eigenvalue weighted by Gasteiger charge is -2.28. The van der Waals surface area contributed by atoms with E-state index >= 15 is 0 Å². The Kier molecular flexibility index (Phi) is 4.51. The van der Waals surface area contributed by atoms with Crippen molar-refractivity contribution in [1.29, 1.82) is 0 Å². The molecule has 0 fully saturated rings. The second-order valence-corrected chi connectivity index (χ2v) is 4.24. The van der Waals surface area contributed by atoms with E-state index in [4.69, 9.17) is 0 Å². The molecular formula is C12H22O. The first kappa shape index (κ1) is 10.8. The summed E-state index contributed by atoms with van der Waals surface area (Å²) in [6.07, 6.45) is 9.89. The van der Waals surface area contributed by atoms with Gasteiger partial charge in [0, 0.05) is 0 Å². The monoisotopic (exact) mass is 182 g/mol. The van der Waals surface area contributed by atoms with Crippen LogP contribution in [0.2, 0.25) is 0 Å². The molecular weight excluding hydrogens is 160 g/mol. The highest BCUT2D eigenvalue weighted by Crippen LogP contribution is 2.28. The zero-order chi connectivity index (χ0) is 9.68. The van der Waals surface area contributed by atoms with Crippen molar-refractivity contribution in [3.05, 3.63) is 12.2 Å². The Balaban J connectivity index is 2.53. The minimum Gasteiger partial charge on any atom is -0.393 e. The van der Waals surface area contributed by atoms with E-state index in [9.17, 15) is 5.11 Å². The SMILES string of the molecule is CCC(C)[C@H]1CC/C=C\CC[C@@H]1O. The molecule has 0 amide bonds. The summed E-state index contributed by atoms with van der Waals surface area (Å²) in [6, 6.07) is 0. The molecule has 13 heavy (non-hydrogen) atoms. The van der Waals surface area contributed by atoms with Gasteiger partial charge in [0.05, 0.1) is 6.10 Å². The van der Waals surface area contributed by atoms with E-state index in [-0.39, 0.29) is 6.10 Å². The van der Waals surface area contributed by atoms with Gasteiger partial charge in [-0.25, -0.2) is 0 Å². The van der Waals surface area contributed by atoms with Gasteiger partial charge in [0.1, 0.15) is 0 Å². The molecule has 1 N–H and O–H groups in total. The highest BCUT2D eigenvalue weighted by Gasteiger charge is 2.23. The summed E-state index contributed by atoms with van der Waals surface area (Å²) >= 11 is 0. The Morgan fingerprint density at radius 3 is 2.54 bits per heavy atom. The summed E-state index contributed by atoms with van der Waals surface area (Å²) in [5.74, 6) is 1.19. The van der Waals surface area contributed by atoms with Crippen molar-refractivity contribution in [2.45, 2.75) is 52.1 Å². The van der Waals surface area contributed by atoms with E-state index in [2.05, 4.69) is 26.0 Å².